The van der Waals surface area contributed by atoms with E-state index >= 15 is 0 Å². The van der Waals surface area contributed by atoms with Crippen molar-refractivity contribution < 1.29 is 0 Å². The van der Waals surface area contributed by atoms with E-state index in [9.17, 15) is 4.79 Å². The number of likely N-dealkylation sites (tertiary alicyclic amines) is 1. The zero-order valence-corrected chi connectivity index (χ0v) is 19.4. The van der Waals surface area contributed by atoms with Crippen molar-refractivity contribution in [2.75, 3.05) is 13.1 Å². The summed E-state index contributed by atoms with van der Waals surface area (Å²) < 4.78 is 3.77. The van der Waals surface area contributed by atoms with Crippen LogP contribution < -0.4 is 5.69 Å². The third kappa shape index (κ3) is 3.60. The molecule has 34 heavy (non-hydrogen) atoms. The van der Waals surface area contributed by atoms with Crippen molar-refractivity contribution in [2.45, 2.75) is 39.3 Å². The molecular weight excluding hydrogens is 426 g/mol. The van der Waals surface area contributed by atoms with Gasteiger partial charge < -0.3 is 4.98 Å². The summed E-state index contributed by atoms with van der Waals surface area (Å²) in [6, 6.07) is 10.6. The number of aromatic amines is 1. The van der Waals surface area contributed by atoms with Crippen LogP contribution in [0.15, 0.2) is 60.0 Å². The molecule has 1 N–H and O–H groups in total. The highest BCUT2D eigenvalue weighted by Crippen LogP contribution is 2.31. The van der Waals surface area contributed by atoms with Gasteiger partial charge in [0.2, 0.25) is 0 Å². The van der Waals surface area contributed by atoms with Crippen molar-refractivity contribution in [3.8, 4) is 11.1 Å². The lowest BCUT2D eigenvalue weighted by Gasteiger charge is -2.33. The summed E-state index contributed by atoms with van der Waals surface area (Å²) in [6.07, 6.45) is 9.36. The zero-order chi connectivity index (χ0) is 23.2. The minimum absolute atomic E-state index is 0.0392. The normalized spacial score (nSPS) is 17.1. The van der Waals surface area contributed by atoms with Gasteiger partial charge in [-0.15, -0.1) is 0 Å². The summed E-state index contributed by atoms with van der Waals surface area (Å²) in [5.74, 6) is 0. The number of nitrogens with zero attached hydrogens (tertiary/aromatic N) is 6. The number of fused-ring (bicyclic) bond motifs is 2. The van der Waals surface area contributed by atoms with Gasteiger partial charge in [0.25, 0.3) is 0 Å². The molecule has 0 aliphatic carbocycles. The van der Waals surface area contributed by atoms with Gasteiger partial charge in [-0.3, -0.25) is 14.5 Å². The fourth-order valence-corrected chi connectivity index (χ4v) is 5.33. The van der Waals surface area contributed by atoms with Crippen LogP contribution in [-0.2, 0) is 6.54 Å². The minimum Gasteiger partial charge on any atom is -0.306 e. The summed E-state index contributed by atoms with van der Waals surface area (Å²) in [6.45, 7) is 6.89. The fraction of sp³-hybridized carbons (Fsp3) is 0.308. The van der Waals surface area contributed by atoms with E-state index in [4.69, 9.17) is 0 Å². The number of rotatable bonds is 4. The van der Waals surface area contributed by atoms with E-state index in [2.05, 4.69) is 56.1 Å². The first-order valence-corrected chi connectivity index (χ1v) is 11.7. The van der Waals surface area contributed by atoms with E-state index in [1.807, 2.05) is 30.0 Å². The van der Waals surface area contributed by atoms with Crippen LogP contribution in [-0.4, -0.2) is 47.1 Å². The molecule has 5 heterocycles. The number of pyridine rings is 2. The van der Waals surface area contributed by atoms with E-state index in [1.54, 1.807) is 17.0 Å². The van der Waals surface area contributed by atoms with E-state index in [1.165, 1.54) is 5.56 Å². The molecule has 1 aliphatic heterocycles. The summed E-state index contributed by atoms with van der Waals surface area (Å²) in [7, 11) is 0. The molecular formula is C26H27N7O. The number of aryl methyl sites for hydroxylation is 2. The second-order valence-corrected chi connectivity index (χ2v) is 9.32. The Morgan fingerprint density at radius 2 is 2.09 bits per heavy atom. The van der Waals surface area contributed by atoms with Crippen molar-refractivity contribution in [2.24, 2.45) is 0 Å². The Kier molecular flexibility index (Phi) is 5.03. The second kappa shape index (κ2) is 8.22. The van der Waals surface area contributed by atoms with E-state index < -0.39 is 0 Å². The molecule has 172 valence electrons. The molecule has 1 saturated heterocycles. The van der Waals surface area contributed by atoms with Gasteiger partial charge in [0.15, 0.2) is 5.65 Å². The SMILES string of the molecule is Cc1cc2c(cc1-c1cc(C)c3ncnn3c1)[nH]c(=O)n2[C@@H]1CCCN(Cc2cccnc2)C1. The number of hydrogen-bond donors (Lipinski definition) is 1. The maximum Gasteiger partial charge on any atom is 0.326 e. The topological polar surface area (TPSA) is 84.1 Å². The summed E-state index contributed by atoms with van der Waals surface area (Å²) in [5, 5.41) is 4.31. The molecule has 6 rings (SSSR count). The first-order valence-electron chi connectivity index (χ1n) is 11.7. The van der Waals surface area contributed by atoms with Gasteiger partial charge in [0.05, 0.1) is 17.1 Å². The van der Waals surface area contributed by atoms with Gasteiger partial charge >= 0.3 is 5.69 Å². The van der Waals surface area contributed by atoms with Gasteiger partial charge in [-0.05, 0) is 79.8 Å². The molecule has 0 spiro atoms. The number of benzene rings is 1. The van der Waals surface area contributed by atoms with Gasteiger partial charge in [0, 0.05) is 37.2 Å². The monoisotopic (exact) mass is 453 g/mol. The molecule has 0 amide bonds. The van der Waals surface area contributed by atoms with Crippen LogP contribution in [0.3, 0.4) is 0 Å². The predicted octanol–water partition coefficient (Wildman–Crippen LogP) is 3.89. The van der Waals surface area contributed by atoms with Crippen molar-refractivity contribution in [1.82, 2.24) is 34.0 Å². The molecule has 8 heteroatoms. The highest BCUT2D eigenvalue weighted by atomic mass is 16.1. The Balaban J connectivity index is 1.36. The van der Waals surface area contributed by atoms with Crippen LogP contribution in [0.2, 0.25) is 0 Å². The Morgan fingerprint density at radius 3 is 2.94 bits per heavy atom. The van der Waals surface area contributed by atoms with Crippen molar-refractivity contribution in [3.63, 3.8) is 0 Å². The number of H-pyrrole nitrogens is 1. The van der Waals surface area contributed by atoms with Gasteiger partial charge in [-0.1, -0.05) is 6.07 Å². The number of aromatic nitrogens is 6. The standard InChI is InChI=1S/C26H27N7O/c1-17-10-24-23(11-22(17)20-9-18(2)25-28-16-29-32(25)14-20)30-26(34)33(24)21-6-4-8-31(15-21)13-19-5-3-7-27-12-19/h3,5,7,9-12,14,16,21H,4,6,8,13,15H2,1-2H3,(H,30,34)/t21-/m1/s1. The average molecular weight is 454 g/mol. The number of piperidine rings is 1. The molecule has 0 unspecified atom stereocenters. The van der Waals surface area contributed by atoms with E-state index in [0.717, 1.165) is 71.4 Å². The van der Waals surface area contributed by atoms with Crippen LogP contribution in [0, 0.1) is 13.8 Å². The smallest absolute Gasteiger partial charge is 0.306 e. The van der Waals surface area contributed by atoms with Gasteiger partial charge in [0.1, 0.15) is 6.33 Å². The molecule has 4 aromatic heterocycles. The highest BCUT2D eigenvalue weighted by molar-refractivity contribution is 5.84. The highest BCUT2D eigenvalue weighted by Gasteiger charge is 2.25. The van der Waals surface area contributed by atoms with Crippen molar-refractivity contribution in [1.29, 1.82) is 0 Å². The lowest BCUT2D eigenvalue weighted by molar-refractivity contribution is 0.170. The molecule has 1 aromatic carbocycles. The Bertz CT molecular complexity index is 1550. The Morgan fingerprint density at radius 1 is 1.18 bits per heavy atom. The molecule has 1 atom stereocenters. The molecule has 1 fully saturated rings. The van der Waals surface area contributed by atoms with Crippen molar-refractivity contribution >= 4 is 16.7 Å². The Hall–Kier alpha value is -3.78. The molecule has 0 bridgehead atoms. The lowest BCUT2D eigenvalue weighted by Crippen LogP contribution is -2.38. The van der Waals surface area contributed by atoms with Crippen LogP contribution in [0.25, 0.3) is 27.8 Å². The summed E-state index contributed by atoms with van der Waals surface area (Å²) in [5.41, 5.74) is 8.20. The summed E-state index contributed by atoms with van der Waals surface area (Å²) in [4.78, 5) is 27.2. The summed E-state index contributed by atoms with van der Waals surface area (Å²) >= 11 is 0. The first kappa shape index (κ1) is 20.8. The first-order chi connectivity index (χ1) is 16.6. The second-order valence-electron chi connectivity index (χ2n) is 9.32. The van der Waals surface area contributed by atoms with Crippen molar-refractivity contribution in [3.05, 3.63) is 82.4 Å². The van der Waals surface area contributed by atoms with E-state index in [-0.39, 0.29) is 11.7 Å². The maximum atomic E-state index is 13.1. The van der Waals surface area contributed by atoms with Crippen LogP contribution in [0.1, 0.15) is 35.6 Å². The average Bonchev–Trinajstić information content (AvgIpc) is 3.43. The maximum absolute atomic E-state index is 13.1. The largest absolute Gasteiger partial charge is 0.326 e. The predicted molar refractivity (Wildman–Crippen MR) is 132 cm³/mol. The number of nitrogens with one attached hydrogen (secondary N) is 1. The Labute approximate surface area is 196 Å². The van der Waals surface area contributed by atoms with Gasteiger partial charge in [-0.25, -0.2) is 14.3 Å². The molecule has 1 aliphatic rings. The molecule has 0 radical (unpaired) electrons. The lowest BCUT2D eigenvalue weighted by atomic mass is 9.99. The zero-order valence-electron chi connectivity index (χ0n) is 19.4. The van der Waals surface area contributed by atoms with Crippen LogP contribution in [0.4, 0.5) is 0 Å². The molecule has 8 nitrogen and oxygen atoms in total. The fourth-order valence-electron chi connectivity index (χ4n) is 5.33. The number of hydrogen-bond acceptors (Lipinski definition) is 5. The quantitative estimate of drug-likeness (QED) is 0.446. The third-order valence-corrected chi connectivity index (χ3v) is 6.91. The van der Waals surface area contributed by atoms with Gasteiger partial charge in [-0.2, -0.15) is 5.10 Å². The third-order valence-electron chi connectivity index (χ3n) is 6.91. The minimum atomic E-state index is -0.0392. The van der Waals surface area contributed by atoms with E-state index in [0.29, 0.717) is 0 Å². The molecule has 5 aromatic rings. The van der Waals surface area contributed by atoms with Crippen LogP contribution in [0.5, 0.6) is 0 Å². The molecule has 0 saturated carbocycles. The number of imidazole rings is 1. The van der Waals surface area contributed by atoms with Crippen LogP contribution >= 0.6 is 0 Å².